The Labute approximate surface area is 152 Å². The van der Waals surface area contributed by atoms with Gasteiger partial charge in [0.1, 0.15) is 0 Å². The van der Waals surface area contributed by atoms with E-state index in [-0.39, 0.29) is 23.5 Å². The maximum Gasteiger partial charge on any atom is 0.254 e. The molecule has 6 nitrogen and oxygen atoms in total. The zero-order valence-electron chi connectivity index (χ0n) is 14.5. The lowest BCUT2D eigenvalue weighted by atomic mass is 10.0. The smallest absolute Gasteiger partial charge is 0.254 e. The number of sulfone groups is 1. The average molecular weight is 375 g/mol. The van der Waals surface area contributed by atoms with Gasteiger partial charge in [-0.1, -0.05) is 24.3 Å². The minimum atomic E-state index is -3.24. The maximum atomic E-state index is 12.8. The maximum absolute atomic E-state index is 12.8. The van der Waals surface area contributed by atoms with Crippen LogP contribution in [0, 0.1) is 0 Å². The number of nitrogens with zero attached hydrogens (tertiary/aromatic N) is 1. The molecule has 2 aromatic carbocycles. The van der Waals surface area contributed by atoms with Crippen molar-refractivity contribution >= 4 is 15.7 Å². The van der Waals surface area contributed by atoms with E-state index in [0.717, 1.165) is 11.1 Å². The van der Waals surface area contributed by atoms with Crippen molar-refractivity contribution in [3.05, 3.63) is 54.1 Å². The van der Waals surface area contributed by atoms with E-state index < -0.39 is 9.84 Å². The Bertz CT molecular complexity index is 892. The molecule has 0 unspecified atom stereocenters. The van der Waals surface area contributed by atoms with Gasteiger partial charge < -0.3 is 14.7 Å². The summed E-state index contributed by atoms with van der Waals surface area (Å²) < 4.78 is 28.5. The summed E-state index contributed by atoms with van der Waals surface area (Å²) in [6.07, 6.45) is 1.17. The molecule has 3 rings (SSSR count). The molecule has 1 N–H and O–H groups in total. The van der Waals surface area contributed by atoms with Crippen molar-refractivity contribution in [2.45, 2.75) is 10.9 Å². The molecule has 2 aromatic rings. The largest absolute Gasteiger partial charge is 0.394 e. The number of ether oxygens (including phenoxy) is 1. The molecule has 26 heavy (non-hydrogen) atoms. The number of carbonyl (C=O) groups excluding carboxylic acids is 1. The first-order valence-electron chi connectivity index (χ1n) is 8.30. The highest BCUT2D eigenvalue weighted by Crippen LogP contribution is 2.23. The molecule has 1 aliphatic heterocycles. The van der Waals surface area contributed by atoms with Crippen LogP contribution in [-0.2, 0) is 14.6 Å². The molecule has 1 saturated heterocycles. The molecule has 0 aromatic heterocycles. The summed E-state index contributed by atoms with van der Waals surface area (Å²) in [6, 6.07) is 13.4. The molecule has 1 amide bonds. The monoisotopic (exact) mass is 375 g/mol. The molecule has 1 atom stereocenters. The first-order chi connectivity index (χ1) is 12.4. The Morgan fingerprint density at radius 2 is 1.92 bits per heavy atom. The van der Waals surface area contributed by atoms with Gasteiger partial charge in [-0.2, -0.15) is 0 Å². The molecule has 0 spiro atoms. The molecular weight excluding hydrogens is 354 g/mol. The standard InChI is InChI=1S/C19H21NO5S/c1-26(23,24)18-7-5-14(6-8-18)15-3-2-4-16(11-15)19(22)20-9-10-25-13-17(20)12-21/h2-8,11,17,21H,9-10,12-13H2,1H3/t17-/m0/s1. The topological polar surface area (TPSA) is 83.9 Å². The van der Waals surface area contributed by atoms with Crippen molar-refractivity contribution < 1.29 is 23.1 Å². The van der Waals surface area contributed by atoms with Crippen LogP contribution in [0.3, 0.4) is 0 Å². The number of benzene rings is 2. The summed E-state index contributed by atoms with van der Waals surface area (Å²) in [6.45, 7) is 1.08. The lowest BCUT2D eigenvalue weighted by molar-refractivity contribution is -0.0183. The summed E-state index contributed by atoms with van der Waals surface area (Å²) in [5.74, 6) is -0.151. The van der Waals surface area contributed by atoms with Crippen molar-refractivity contribution in [2.24, 2.45) is 0 Å². The summed E-state index contributed by atoms with van der Waals surface area (Å²) >= 11 is 0. The van der Waals surface area contributed by atoms with Gasteiger partial charge in [-0.25, -0.2) is 8.42 Å². The number of hydrogen-bond acceptors (Lipinski definition) is 5. The summed E-state index contributed by atoms with van der Waals surface area (Å²) in [7, 11) is -3.24. The number of hydrogen-bond donors (Lipinski definition) is 1. The Balaban J connectivity index is 1.87. The van der Waals surface area contributed by atoms with Crippen molar-refractivity contribution in [2.75, 3.05) is 32.6 Å². The lowest BCUT2D eigenvalue weighted by Gasteiger charge is -2.34. The Morgan fingerprint density at radius 1 is 1.19 bits per heavy atom. The van der Waals surface area contributed by atoms with E-state index in [1.165, 1.54) is 6.26 Å². The van der Waals surface area contributed by atoms with Crippen LogP contribution in [0.25, 0.3) is 11.1 Å². The minimum Gasteiger partial charge on any atom is -0.394 e. The van der Waals surface area contributed by atoms with E-state index in [0.29, 0.717) is 25.3 Å². The van der Waals surface area contributed by atoms with Crippen LogP contribution in [0.15, 0.2) is 53.4 Å². The Hall–Kier alpha value is -2.22. The molecule has 138 valence electrons. The molecule has 7 heteroatoms. The Kier molecular flexibility index (Phi) is 5.41. The van der Waals surface area contributed by atoms with Gasteiger partial charge in [-0.15, -0.1) is 0 Å². The van der Waals surface area contributed by atoms with Crippen LogP contribution < -0.4 is 0 Å². The second-order valence-electron chi connectivity index (χ2n) is 6.29. The highest BCUT2D eigenvalue weighted by molar-refractivity contribution is 7.90. The van der Waals surface area contributed by atoms with E-state index in [4.69, 9.17) is 4.74 Å². The van der Waals surface area contributed by atoms with Crippen LogP contribution in [0.1, 0.15) is 10.4 Å². The van der Waals surface area contributed by atoms with Crippen LogP contribution in [-0.4, -0.2) is 63.0 Å². The van der Waals surface area contributed by atoms with Gasteiger partial charge in [0.2, 0.25) is 0 Å². The Morgan fingerprint density at radius 3 is 2.58 bits per heavy atom. The third-order valence-corrected chi connectivity index (χ3v) is 5.55. The van der Waals surface area contributed by atoms with Gasteiger partial charge in [0.15, 0.2) is 9.84 Å². The number of amides is 1. The lowest BCUT2D eigenvalue weighted by Crippen LogP contribution is -2.50. The summed E-state index contributed by atoms with van der Waals surface area (Å²) in [5, 5.41) is 9.46. The molecule has 1 heterocycles. The van der Waals surface area contributed by atoms with Gasteiger partial charge in [0, 0.05) is 18.4 Å². The molecule has 0 aliphatic carbocycles. The van der Waals surface area contributed by atoms with E-state index >= 15 is 0 Å². The van der Waals surface area contributed by atoms with E-state index in [9.17, 15) is 18.3 Å². The zero-order valence-corrected chi connectivity index (χ0v) is 15.3. The van der Waals surface area contributed by atoms with Crippen molar-refractivity contribution in [1.29, 1.82) is 0 Å². The molecule has 1 aliphatic rings. The average Bonchev–Trinajstić information content (AvgIpc) is 2.67. The first kappa shape index (κ1) is 18.6. The first-order valence-corrected chi connectivity index (χ1v) is 10.2. The molecular formula is C19H21NO5S. The van der Waals surface area contributed by atoms with Crippen LogP contribution in [0.5, 0.6) is 0 Å². The minimum absolute atomic E-state index is 0.140. The number of morpholine rings is 1. The van der Waals surface area contributed by atoms with E-state index in [1.54, 1.807) is 47.4 Å². The fourth-order valence-corrected chi connectivity index (χ4v) is 3.60. The highest BCUT2D eigenvalue weighted by Gasteiger charge is 2.27. The third-order valence-electron chi connectivity index (χ3n) is 4.42. The molecule has 1 fully saturated rings. The van der Waals surface area contributed by atoms with Crippen molar-refractivity contribution in [3.8, 4) is 11.1 Å². The number of carbonyl (C=O) groups is 1. The van der Waals surface area contributed by atoms with Gasteiger partial charge in [0.05, 0.1) is 30.8 Å². The zero-order chi connectivity index (χ0) is 18.7. The number of aliphatic hydroxyl groups excluding tert-OH is 1. The van der Waals surface area contributed by atoms with Gasteiger partial charge in [-0.05, 0) is 35.4 Å². The van der Waals surface area contributed by atoms with E-state index in [2.05, 4.69) is 0 Å². The number of rotatable bonds is 4. The van der Waals surface area contributed by atoms with Crippen LogP contribution in [0.4, 0.5) is 0 Å². The van der Waals surface area contributed by atoms with Crippen molar-refractivity contribution in [3.63, 3.8) is 0 Å². The quantitative estimate of drug-likeness (QED) is 0.877. The van der Waals surface area contributed by atoms with Crippen molar-refractivity contribution in [1.82, 2.24) is 4.90 Å². The third kappa shape index (κ3) is 3.95. The number of aliphatic hydroxyl groups is 1. The van der Waals surface area contributed by atoms with Gasteiger partial charge >= 0.3 is 0 Å². The SMILES string of the molecule is CS(=O)(=O)c1ccc(-c2cccc(C(=O)N3CCOC[C@@H]3CO)c2)cc1. The second-order valence-corrected chi connectivity index (χ2v) is 8.30. The van der Waals surface area contributed by atoms with E-state index in [1.807, 2.05) is 6.07 Å². The molecule has 0 radical (unpaired) electrons. The van der Waals surface area contributed by atoms with Crippen LogP contribution in [0.2, 0.25) is 0 Å². The predicted octanol–water partition coefficient (Wildman–Crippen LogP) is 1.59. The molecule has 0 bridgehead atoms. The van der Waals surface area contributed by atoms with Crippen LogP contribution >= 0.6 is 0 Å². The predicted molar refractivity (Wildman–Crippen MR) is 97.7 cm³/mol. The fraction of sp³-hybridized carbons (Fsp3) is 0.316. The fourth-order valence-electron chi connectivity index (χ4n) is 2.97. The molecule has 0 saturated carbocycles. The summed E-state index contributed by atoms with van der Waals surface area (Å²) in [5.41, 5.74) is 2.17. The summed E-state index contributed by atoms with van der Waals surface area (Å²) in [4.78, 5) is 14.7. The van der Waals surface area contributed by atoms with Gasteiger partial charge in [-0.3, -0.25) is 4.79 Å². The normalized spacial score (nSPS) is 17.9. The highest BCUT2D eigenvalue weighted by atomic mass is 32.2. The van der Waals surface area contributed by atoms with Gasteiger partial charge in [0.25, 0.3) is 5.91 Å². The second kappa shape index (κ2) is 7.57.